The maximum absolute atomic E-state index is 13.4. The van der Waals surface area contributed by atoms with Gasteiger partial charge in [0.2, 0.25) is 11.8 Å². The van der Waals surface area contributed by atoms with Gasteiger partial charge >= 0.3 is 0 Å². The Labute approximate surface area is 301 Å². The van der Waals surface area contributed by atoms with E-state index in [0.29, 0.717) is 48.9 Å². The molecule has 0 aliphatic rings. The van der Waals surface area contributed by atoms with E-state index in [4.69, 9.17) is 23.2 Å². The van der Waals surface area contributed by atoms with Crippen LogP contribution in [0, 0.1) is 6.92 Å². The number of nitrogens with zero attached hydrogens (tertiary/aromatic N) is 8. The number of benzene rings is 2. The van der Waals surface area contributed by atoms with Gasteiger partial charge in [0.05, 0.1) is 47.1 Å². The summed E-state index contributed by atoms with van der Waals surface area (Å²) in [7, 11) is 10.4. The van der Waals surface area contributed by atoms with Crippen molar-refractivity contribution in [2.24, 2.45) is 14.1 Å². The summed E-state index contributed by atoms with van der Waals surface area (Å²) in [6.07, 6.45) is 1.81. The average Bonchev–Trinajstić information content (AvgIpc) is 3.55. The minimum atomic E-state index is -0.286. The molecule has 2 aromatic carbocycles. The monoisotopic (exact) mass is 727 g/mol. The Morgan fingerprint density at radius 1 is 0.765 bits per heavy atom. The van der Waals surface area contributed by atoms with Crippen LogP contribution < -0.4 is 11.1 Å². The van der Waals surface area contributed by atoms with Gasteiger partial charge in [0.25, 0.3) is 11.1 Å². The second-order valence-electron chi connectivity index (χ2n) is 12.6. The molecule has 15 heteroatoms. The van der Waals surface area contributed by atoms with Gasteiger partial charge in [-0.3, -0.25) is 24.2 Å². The first-order valence-corrected chi connectivity index (χ1v) is 16.6. The highest BCUT2D eigenvalue weighted by Crippen LogP contribution is 2.32. The molecule has 0 unspecified atom stereocenters. The Morgan fingerprint density at radius 3 is 1.82 bits per heavy atom. The van der Waals surface area contributed by atoms with Crippen molar-refractivity contribution >= 4 is 78.6 Å². The van der Waals surface area contributed by atoms with Crippen LogP contribution in [0.2, 0.25) is 10.0 Å². The number of hydrogen-bond donors (Lipinski definition) is 1. The molecule has 0 saturated carbocycles. The van der Waals surface area contributed by atoms with Gasteiger partial charge in [-0.15, -0.1) is 0 Å². The first-order chi connectivity index (χ1) is 24.2. The molecule has 0 aliphatic heterocycles. The molecule has 0 aliphatic carbocycles. The van der Waals surface area contributed by atoms with E-state index in [2.05, 4.69) is 20.3 Å². The second-order valence-corrected chi connectivity index (χ2v) is 13.5. The fraction of sp³-hybridized carbons (Fsp3) is 0.250. The molecule has 7 aromatic rings. The number of carbonyl (C=O) groups is 2. The number of fused-ring (bicyclic) bond motifs is 6. The highest BCUT2D eigenvalue weighted by atomic mass is 35.5. The third-order valence-corrected chi connectivity index (χ3v) is 9.27. The Kier molecular flexibility index (Phi) is 9.45. The van der Waals surface area contributed by atoms with Crippen LogP contribution in [0.3, 0.4) is 0 Å². The van der Waals surface area contributed by atoms with Crippen molar-refractivity contribution < 1.29 is 9.59 Å². The molecule has 13 nitrogen and oxygen atoms in total. The van der Waals surface area contributed by atoms with Crippen molar-refractivity contribution in [1.29, 1.82) is 0 Å². The lowest BCUT2D eigenvalue weighted by Gasteiger charge is -2.13. The molecule has 0 atom stereocenters. The predicted molar refractivity (Wildman–Crippen MR) is 200 cm³/mol. The summed E-state index contributed by atoms with van der Waals surface area (Å²) in [5, 5.41) is 15.4. The van der Waals surface area contributed by atoms with Crippen LogP contribution in [-0.2, 0) is 36.5 Å². The minimum absolute atomic E-state index is 0.0742. The van der Waals surface area contributed by atoms with Crippen molar-refractivity contribution in [3.63, 3.8) is 0 Å². The van der Waals surface area contributed by atoms with Gasteiger partial charge in [0, 0.05) is 79.6 Å². The van der Waals surface area contributed by atoms with E-state index in [0.717, 1.165) is 27.5 Å². The molecule has 1 N–H and O–H groups in total. The number of likely N-dealkylation sites (N-methyl/N-ethyl adjacent to an activating group) is 2. The maximum atomic E-state index is 13.4. The SMILES string of the molecule is CN(C)C(=O)Cc1n[nH]c(=O)c2c1c1ccc(Cl)cc1n2C.Cc1ccc(-n2nc(CC(=O)N(C)C)c3c4ccc(Cl)cc4n(C)c3c2=O)cn1. The Bertz CT molecular complexity index is 2640. The van der Waals surface area contributed by atoms with Crippen LogP contribution in [0.25, 0.3) is 49.3 Å². The first kappa shape index (κ1) is 35.3. The summed E-state index contributed by atoms with van der Waals surface area (Å²) in [5.41, 5.74) is 4.52. The van der Waals surface area contributed by atoms with Crippen molar-refractivity contribution in [2.45, 2.75) is 19.8 Å². The Hall–Kier alpha value is -5.53. The number of nitrogens with one attached hydrogen (secondary N) is 1. The molecule has 0 radical (unpaired) electrons. The lowest BCUT2D eigenvalue weighted by atomic mass is 10.1. The predicted octanol–water partition coefficient (Wildman–Crippen LogP) is 4.56. The molecule has 262 valence electrons. The van der Waals surface area contributed by atoms with Crippen molar-refractivity contribution in [1.82, 2.24) is 43.9 Å². The maximum Gasteiger partial charge on any atom is 0.296 e. The molecular formula is C36H35Cl2N9O4. The number of rotatable bonds is 5. The number of aromatic amines is 1. The third kappa shape index (κ3) is 6.46. The molecule has 5 aromatic heterocycles. The van der Waals surface area contributed by atoms with Crippen LogP contribution in [0.15, 0.2) is 64.3 Å². The normalized spacial score (nSPS) is 11.3. The topological polar surface area (TPSA) is 144 Å². The lowest BCUT2D eigenvalue weighted by molar-refractivity contribution is -0.128. The number of H-pyrrole nitrogens is 1. The van der Waals surface area contributed by atoms with E-state index in [1.165, 1.54) is 14.5 Å². The van der Waals surface area contributed by atoms with Crippen LogP contribution in [0.4, 0.5) is 0 Å². The highest BCUT2D eigenvalue weighted by Gasteiger charge is 2.22. The van der Waals surface area contributed by atoms with E-state index in [9.17, 15) is 19.2 Å². The zero-order valence-electron chi connectivity index (χ0n) is 29.1. The van der Waals surface area contributed by atoms with Crippen molar-refractivity contribution in [3.8, 4) is 5.69 Å². The van der Waals surface area contributed by atoms with Gasteiger partial charge in [0.1, 0.15) is 11.0 Å². The number of halogens is 2. The van der Waals surface area contributed by atoms with E-state index in [1.54, 1.807) is 70.3 Å². The largest absolute Gasteiger partial charge is 0.348 e. The highest BCUT2D eigenvalue weighted by molar-refractivity contribution is 6.32. The summed E-state index contributed by atoms with van der Waals surface area (Å²) in [6, 6.07) is 14.5. The smallest absolute Gasteiger partial charge is 0.296 e. The van der Waals surface area contributed by atoms with Gasteiger partial charge in [-0.2, -0.15) is 14.9 Å². The zero-order chi connectivity index (χ0) is 36.9. The van der Waals surface area contributed by atoms with Crippen LogP contribution in [-0.4, -0.2) is 83.9 Å². The van der Waals surface area contributed by atoms with Crippen LogP contribution in [0.1, 0.15) is 17.1 Å². The number of amides is 2. The van der Waals surface area contributed by atoms with E-state index in [1.807, 2.05) is 42.8 Å². The number of aryl methyl sites for hydroxylation is 3. The van der Waals surface area contributed by atoms with Gasteiger partial charge in [0.15, 0.2) is 0 Å². The minimum Gasteiger partial charge on any atom is -0.348 e. The van der Waals surface area contributed by atoms with Crippen molar-refractivity contribution in [3.05, 3.63) is 103 Å². The van der Waals surface area contributed by atoms with Gasteiger partial charge in [-0.25, -0.2) is 5.10 Å². The molecule has 2 amide bonds. The fourth-order valence-electron chi connectivity index (χ4n) is 6.08. The first-order valence-electron chi connectivity index (χ1n) is 15.9. The lowest BCUT2D eigenvalue weighted by Crippen LogP contribution is -2.28. The van der Waals surface area contributed by atoms with Crippen molar-refractivity contribution in [2.75, 3.05) is 28.2 Å². The molecule has 0 spiro atoms. The molecule has 7 rings (SSSR count). The van der Waals surface area contributed by atoms with E-state index >= 15 is 0 Å². The quantitative estimate of drug-likeness (QED) is 0.274. The van der Waals surface area contributed by atoms with Gasteiger partial charge in [-0.05, 0) is 43.3 Å². The summed E-state index contributed by atoms with van der Waals surface area (Å²) >= 11 is 12.2. The van der Waals surface area contributed by atoms with E-state index < -0.39 is 0 Å². The average molecular weight is 729 g/mol. The second kappa shape index (κ2) is 13.6. The summed E-state index contributed by atoms with van der Waals surface area (Å²) in [6.45, 7) is 1.87. The third-order valence-electron chi connectivity index (χ3n) is 8.80. The summed E-state index contributed by atoms with van der Waals surface area (Å²) in [5.74, 6) is -0.177. The fourth-order valence-corrected chi connectivity index (χ4v) is 6.41. The number of pyridine rings is 1. The standard InChI is InChI=1S/C21H20ClN5O2.C15H15ClN4O2/c1-12-5-7-14(11-23-12)27-21(29)20-19(16(24-27)10-18(28)25(2)3)15-8-6-13(22)9-17(15)26(20)4;1-19(2)12(21)7-10-13-9-5-4-8(16)6-11(9)20(3)14(13)15(22)18-17-10/h5-9,11H,10H2,1-4H3;4-6H,7H2,1-3H3,(H,18,22). The molecule has 5 heterocycles. The summed E-state index contributed by atoms with van der Waals surface area (Å²) < 4.78 is 4.90. The molecular weight excluding hydrogens is 693 g/mol. The zero-order valence-corrected chi connectivity index (χ0v) is 30.6. The van der Waals surface area contributed by atoms with E-state index in [-0.39, 0.29) is 35.8 Å². The van der Waals surface area contributed by atoms with Crippen LogP contribution >= 0.6 is 23.2 Å². The Balaban J connectivity index is 0.000000183. The molecule has 0 fully saturated rings. The number of hydrogen-bond acceptors (Lipinski definition) is 7. The van der Waals surface area contributed by atoms with Gasteiger partial charge < -0.3 is 18.9 Å². The molecule has 0 bridgehead atoms. The summed E-state index contributed by atoms with van der Waals surface area (Å²) in [4.78, 5) is 57.3. The number of carbonyl (C=O) groups excluding carboxylic acids is 2. The molecule has 51 heavy (non-hydrogen) atoms. The molecule has 0 saturated heterocycles. The Morgan fingerprint density at radius 2 is 1.29 bits per heavy atom. The van der Waals surface area contributed by atoms with Crippen LogP contribution in [0.5, 0.6) is 0 Å². The number of aromatic nitrogens is 7. The van der Waals surface area contributed by atoms with Gasteiger partial charge in [-0.1, -0.05) is 35.3 Å².